The molecule has 0 aliphatic carbocycles. The Labute approximate surface area is 199 Å². The van der Waals surface area contributed by atoms with Crippen molar-refractivity contribution in [3.63, 3.8) is 0 Å². The van der Waals surface area contributed by atoms with Crippen molar-refractivity contribution in [3.05, 3.63) is 92.9 Å². The standard InChI is InChI=1S/C25H21FN2O5S/c1-4-33-24(32)22-14(3)27-25(34-22)28-19(15-7-5-13(2)6-8-15)18(21(30)23(28)31)20(29)16-9-11-17(26)12-10-16/h5-12,19,30H,4H2,1-3H3. The van der Waals surface area contributed by atoms with Crippen molar-refractivity contribution in [1.82, 2.24) is 4.98 Å². The van der Waals surface area contributed by atoms with Gasteiger partial charge in [0.1, 0.15) is 10.7 Å². The van der Waals surface area contributed by atoms with Gasteiger partial charge < -0.3 is 9.84 Å². The quantitative estimate of drug-likeness (QED) is 0.400. The number of anilines is 1. The minimum Gasteiger partial charge on any atom is -0.503 e. The molecule has 3 aromatic rings. The smallest absolute Gasteiger partial charge is 0.350 e. The average molecular weight is 481 g/mol. The van der Waals surface area contributed by atoms with E-state index in [1.807, 2.05) is 19.1 Å². The molecule has 1 unspecified atom stereocenters. The maximum absolute atomic E-state index is 13.4. The van der Waals surface area contributed by atoms with Gasteiger partial charge in [-0.2, -0.15) is 0 Å². The van der Waals surface area contributed by atoms with E-state index in [-0.39, 0.29) is 27.8 Å². The van der Waals surface area contributed by atoms with Gasteiger partial charge in [-0.1, -0.05) is 41.2 Å². The first-order chi connectivity index (χ1) is 16.2. The molecule has 1 aliphatic heterocycles. The number of aryl methyl sites for hydroxylation is 2. The second kappa shape index (κ2) is 9.18. The first kappa shape index (κ1) is 23.3. The van der Waals surface area contributed by atoms with E-state index in [1.54, 1.807) is 26.0 Å². The number of rotatable bonds is 6. The zero-order valence-electron chi connectivity index (χ0n) is 18.7. The summed E-state index contributed by atoms with van der Waals surface area (Å²) in [5.74, 6) is -3.23. The third kappa shape index (κ3) is 4.10. The van der Waals surface area contributed by atoms with Crippen molar-refractivity contribution < 1.29 is 28.6 Å². The first-order valence-corrected chi connectivity index (χ1v) is 11.3. The molecule has 0 saturated carbocycles. The Kier molecular flexibility index (Phi) is 6.30. The molecule has 4 rings (SSSR count). The van der Waals surface area contributed by atoms with E-state index in [0.717, 1.165) is 29.0 Å². The Balaban J connectivity index is 1.84. The van der Waals surface area contributed by atoms with E-state index < -0.39 is 35.3 Å². The lowest BCUT2D eigenvalue weighted by Gasteiger charge is -2.24. The van der Waals surface area contributed by atoms with E-state index in [1.165, 1.54) is 17.0 Å². The van der Waals surface area contributed by atoms with Crippen molar-refractivity contribution in [2.75, 3.05) is 11.5 Å². The Bertz CT molecular complexity index is 1310. The number of nitrogens with zero attached hydrogens (tertiary/aromatic N) is 2. The molecule has 0 fully saturated rings. The minimum absolute atomic E-state index is 0.122. The molecule has 7 nitrogen and oxygen atoms in total. The number of amides is 1. The average Bonchev–Trinajstić information content (AvgIpc) is 3.31. The topological polar surface area (TPSA) is 96.8 Å². The Morgan fingerprint density at radius 1 is 1.12 bits per heavy atom. The van der Waals surface area contributed by atoms with E-state index in [0.29, 0.717) is 11.3 Å². The highest BCUT2D eigenvalue weighted by Gasteiger charge is 2.46. The van der Waals surface area contributed by atoms with E-state index in [2.05, 4.69) is 4.98 Å². The van der Waals surface area contributed by atoms with Crippen LogP contribution in [0.1, 0.15) is 49.8 Å². The van der Waals surface area contributed by atoms with Crippen molar-refractivity contribution in [2.45, 2.75) is 26.8 Å². The number of carbonyl (C=O) groups is 3. The minimum atomic E-state index is -0.994. The van der Waals surface area contributed by atoms with E-state index >= 15 is 0 Å². The lowest BCUT2D eigenvalue weighted by atomic mass is 9.92. The Morgan fingerprint density at radius 2 is 1.76 bits per heavy atom. The van der Waals surface area contributed by atoms with Crippen molar-refractivity contribution in [1.29, 1.82) is 0 Å². The van der Waals surface area contributed by atoms with Gasteiger partial charge in [0.25, 0.3) is 5.91 Å². The Hall–Kier alpha value is -3.85. The van der Waals surface area contributed by atoms with Gasteiger partial charge in [0.15, 0.2) is 16.7 Å². The highest BCUT2D eigenvalue weighted by Crippen LogP contribution is 2.43. The first-order valence-electron chi connectivity index (χ1n) is 10.5. The van der Waals surface area contributed by atoms with Gasteiger partial charge in [-0.15, -0.1) is 0 Å². The summed E-state index contributed by atoms with van der Waals surface area (Å²) in [6, 6.07) is 11.0. The van der Waals surface area contributed by atoms with Crippen LogP contribution in [0.5, 0.6) is 0 Å². The van der Waals surface area contributed by atoms with Gasteiger partial charge in [-0.05, 0) is 50.6 Å². The fourth-order valence-electron chi connectivity index (χ4n) is 3.73. The molecule has 2 aromatic carbocycles. The van der Waals surface area contributed by atoms with Gasteiger partial charge in [0.05, 0.1) is 23.9 Å². The van der Waals surface area contributed by atoms with Crippen molar-refractivity contribution in [2.24, 2.45) is 0 Å². The molecule has 1 N–H and O–H groups in total. The van der Waals surface area contributed by atoms with Crippen LogP contribution in [-0.4, -0.2) is 34.4 Å². The predicted molar refractivity (Wildman–Crippen MR) is 125 cm³/mol. The molecule has 1 amide bonds. The van der Waals surface area contributed by atoms with Crippen LogP contribution in [0.3, 0.4) is 0 Å². The number of aliphatic hydroxyl groups excluding tert-OH is 1. The second-order valence-corrected chi connectivity index (χ2v) is 8.70. The zero-order chi connectivity index (χ0) is 24.6. The largest absolute Gasteiger partial charge is 0.503 e. The maximum Gasteiger partial charge on any atom is 0.350 e. The summed E-state index contributed by atoms with van der Waals surface area (Å²) in [6.45, 7) is 5.38. The van der Waals surface area contributed by atoms with Gasteiger partial charge in [0, 0.05) is 5.56 Å². The number of Topliss-reactive ketones (excluding diaryl/α,β-unsaturated/α-hetero) is 1. The number of ether oxygens (including phenoxy) is 1. The molecule has 1 aromatic heterocycles. The highest BCUT2D eigenvalue weighted by molar-refractivity contribution is 7.17. The molecule has 0 spiro atoms. The van der Waals surface area contributed by atoms with Crippen LogP contribution >= 0.6 is 11.3 Å². The molecule has 174 valence electrons. The number of carbonyl (C=O) groups excluding carboxylic acids is 3. The molecule has 0 saturated heterocycles. The number of ketones is 1. The summed E-state index contributed by atoms with van der Waals surface area (Å²) in [7, 11) is 0. The van der Waals surface area contributed by atoms with Crippen LogP contribution in [0.4, 0.5) is 9.52 Å². The number of halogens is 1. The van der Waals surface area contributed by atoms with Crippen LogP contribution in [0, 0.1) is 19.7 Å². The summed E-state index contributed by atoms with van der Waals surface area (Å²) in [6.07, 6.45) is 0. The Morgan fingerprint density at radius 3 is 2.38 bits per heavy atom. The zero-order valence-corrected chi connectivity index (χ0v) is 19.5. The van der Waals surface area contributed by atoms with Crippen molar-refractivity contribution >= 4 is 34.1 Å². The SMILES string of the molecule is CCOC(=O)c1sc(N2C(=O)C(O)=C(C(=O)c3ccc(F)cc3)C2c2ccc(C)cc2)nc1C. The molecule has 34 heavy (non-hydrogen) atoms. The molecule has 2 heterocycles. The summed E-state index contributed by atoms with van der Waals surface area (Å²) < 4.78 is 18.5. The fraction of sp³-hybridized carbons (Fsp3) is 0.200. The van der Waals surface area contributed by atoms with Crippen LogP contribution in [-0.2, 0) is 9.53 Å². The fourth-order valence-corrected chi connectivity index (χ4v) is 4.71. The lowest BCUT2D eigenvalue weighted by molar-refractivity contribution is -0.117. The third-order valence-electron chi connectivity index (χ3n) is 5.40. The number of hydrogen-bond acceptors (Lipinski definition) is 7. The summed E-state index contributed by atoms with van der Waals surface area (Å²) in [5.41, 5.74) is 1.88. The second-order valence-electron chi connectivity index (χ2n) is 7.72. The van der Waals surface area contributed by atoms with Crippen LogP contribution in [0.15, 0.2) is 59.9 Å². The van der Waals surface area contributed by atoms with E-state index in [4.69, 9.17) is 4.74 Å². The van der Waals surface area contributed by atoms with Gasteiger partial charge in [-0.3, -0.25) is 14.5 Å². The molecular formula is C25H21FN2O5S. The van der Waals surface area contributed by atoms with Crippen LogP contribution in [0.2, 0.25) is 0 Å². The summed E-state index contributed by atoms with van der Waals surface area (Å²) >= 11 is 0.944. The molecular weight excluding hydrogens is 459 g/mol. The van der Waals surface area contributed by atoms with Gasteiger partial charge in [0.2, 0.25) is 0 Å². The van der Waals surface area contributed by atoms with E-state index in [9.17, 15) is 23.9 Å². The number of benzene rings is 2. The molecule has 0 bridgehead atoms. The lowest BCUT2D eigenvalue weighted by Crippen LogP contribution is -2.31. The van der Waals surface area contributed by atoms with Gasteiger partial charge in [-0.25, -0.2) is 14.2 Å². The van der Waals surface area contributed by atoms with Crippen molar-refractivity contribution in [3.8, 4) is 0 Å². The molecule has 1 aliphatic rings. The number of aromatic nitrogens is 1. The molecule has 9 heteroatoms. The molecule has 1 atom stereocenters. The number of hydrogen-bond donors (Lipinski definition) is 1. The maximum atomic E-state index is 13.4. The molecule has 0 radical (unpaired) electrons. The number of esters is 1. The number of thiazole rings is 1. The third-order valence-corrected chi connectivity index (χ3v) is 6.54. The predicted octanol–water partition coefficient (Wildman–Crippen LogP) is 4.86. The monoisotopic (exact) mass is 480 g/mol. The van der Waals surface area contributed by atoms with Crippen LogP contribution < -0.4 is 4.90 Å². The number of aliphatic hydroxyl groups is 1. The van der Waals surface area contributed by atoms with Crippen LogP contribution in [0.25, 0.3) is 0 Å². The normalized spacial score (nSPS) is 15.7. The summed E-state index contributed by atoms with van der Waals surface area (Å²) in [5, 5.41) is 11.0. The van der Waals surface area contributed by atoms with Gasteiger partial charge >= 0.3 is 5.97 Å². The summed E-state index contributed by atoms with van der Waals surface area (Å²) in [4.78, 5) is 44.7. The highest BCUT2D eigenvalue weighted by atomic mass is 32.1.